The van der Waals surface area contributed by atoms with E-state index in [0.717, 1.165) is 0 Å². The molecule has 0 aromatic heterocycles. The summed E-state index contributed by atoms with van der Waals surface area (Å²) in [5.41, 5.74) is -1.15. The molecule has 0 saturated carbocycles. The number of nitrogens with one attached hydrogen (secondary N) is 2. The van der Waals surface area contributed by atoms with E-state index in [1.807, 2.05) is 20.8 Å². The lowest BCUT2D eigenvalue weighted by atomic mass is 9.66. The minimum absolute atomic E-state index is 0.318. The Morgan fingerprint density at radius 1 is 1.13 bits per heavy atom. The van der Waals surface area contributed by atoms with Crippen LogP contribution in [0.5, 0.6) is 5.75 Å². The van der Waals surface area contributed by atoms with Crippen LogP contribution in [0.1, 0.15) is 40.0 Å². The first kappa shape index (κ1) is 27.4. The van der Waals surface area contributed by atoms with Gasteiger partial charge in [-0.25, -0.2) is 0 Å². The number of ether oxygens (including phenoxy) is 2. The molecule has 3 aliphatic heterocycles. The lowest BCUT2D eigenvalue weighted by Crippen LogP contribution is -2.56. The molecule has 5 rings (SSSR count). The predicted molar refractivity (Wildman–Crippen MR) is 147 cm³/mol. The normalized spacial score (nSPS) is 29.7. The molecule has 2 aromatic carbocycles. The number of aliphatic hydroxyl groups excluding tert-OH is 1. The molecule has 10 heteroatoms. The number of hydrogen-bond donors (Lipinski definition) is 3. The highest BCUT2D eigenvalue weighted by Gasteiger charge is 2.78. The zero-order chi connectivity index (χ0) is 27.9. The maximum absolute atomic E-state index is 14.1. The fourth-order valence-corrected chi connectivity index (χ4v) is 6.84. The monoisotopic (exact) mass is 555 g/mol. The van der Waals surface area contributed by atoms with Crippen LogP contribution in [0.25, 0.3) is 0 Å². The number of carbonyl (C=O) groups is 3. The summed E-state index contributed by atoms with van der Waals surface area (Å²) in [6.07, 6.45) is 1.38. The highest BCUT2D eigenvalue weighted by Crippen LogP contribution is 2.63. The quantitative estimate of drug-likeness (QED) is 0.433. The van der Waals surface area contributed by atoms with Crippen molar-refractivity contribution in [2.45, 2.75) is 63.3 Å². The number of aliphatic hydroxyl groups is 1. The summed E-state index contributed by atoms with van der Waals surface area (Å²) in [5, 5.41) is 16.3. The Bertz CT molecular complexity index is 1270. The lowest BCUT2D eigenvalue weighted by Gasteiger charge is -2.36. The first-order valence-corrected chi connectivity index (χ1v) is 13.8. The van der Waals surface area contributed by atoms with Crippen molar-refractivity contribution >= 4 is 40.7 Å². The smallest absolute Gasteiger partial charge is 0.250 e. The van der Waals surface area contributed by atoms with Gasteiger partial charge in [-0.05, 0) is 69.5 Å². The number of likely N-dealkylation sites (tertiary alicyclic amines) is 1. The van der Waals surface area contributed by atoms with Crippen molar-refractivity contribution in [2.24, 2.45) is 11.8 Å². The molecular weight excluding hydrogens is 522 g/mol. The van der Waals surface area contributed by atoms with Crippen LogP contribution in [0.3, 0.4) is 0 Å². The Morgan fingerprint density at radius 2 is 1.85 bits per heavy atom. The van der Waals surface area contributed by atoms with Crippen molar-refractivity contribution in [3.05, 3.63) is 53.6 Å². The first-order valence-electron chi connectivity index (χ1n) is 13.4. The SMILES string of the molecule is CCOc1ccc(NC(=O)[C@@H]2[C@H]3C(=O)N([C@@H](CC)CO)C(C(=O)Nc4ccccc4Cl)C34CC[C@@]2(C)O4)cc1. The molecule has 0 radical (unpaired) electrons. The van der Waals surface area contributed by atoms with E-state index in [0.29, 0.717) is 48.0 Å². The number of para-hydroxylation sites is 1. The molecule has 0 aliphatic carbocycles. The molecule has 3 heterocycles. The van der Waals surface area contributed by atoms with E-state index in [-0.39, 0.29) is 18.4 Å². The van der Waals surface area contributed by atoms with Gasteiger partial charge in [-0.3, -0.25) is 14.4 Å². The third-order valence-electron chi connectivity index (χ3n) is 8.39. The molecule has 6 atom stereocenters. The molecule has 3 fully saturated rings. The largest absolute Gasteiger partial charge is 0.494 e. The van der Waals surface area contributed by atoms with E-state index < -0.39 is 41.0 Å². The van der Waals surface area contributed by atoms with Crippen molar-refractivity contribution in [1.29, 1.82) is 0 Å². The van der Waals surface area contributed by atoms with Gasteiger partial charge in [0.1, 0.15) is 17.4 Å². The maximum Gasteiger partial charge on any atom is 0.250 e. The Labute approximate surface area is 232 Å². The highest BCUT2D eigenvalue weighted by atomic mass is 35.5. The van der Waals surface area contributed by atoms with Crippen LogP contribution in [-0.2, 0) is 19.1 Å². The van der Waals surface area contributed by atoms with Crippen molar-refractivity contribution in [3.63, 3.8) is 0 Å². The number of anilines is 2. The summed E-state index contributed by atoms with van der Waals surface area (Å²) in [5.74, 6) is -2.16. The van der Waals surface area contributed by atoms with E-state index >= 15 is 0 Å². The second-order valence-corrected chi connectivity index (χ2v) is 11.0. The van der Waals surface area contributed by atoms with Gasteiger partial charge in [-0.15, -0.1) is 0 Å². The molecule has 3 aliphatic rings. The molecular formula is C29H34ClN3O6. The van der Waals surface area contributed by atoms with Gasteiger partial charge in [-0.1, -0.05) is 30.7 Å². The van der Waals surface area contributed by atoms with Crippen molar-refractivity contribution in [1.82, 2.24) is 4.90 Å². The molecule has 3 N–H and O–H groups in total. The van der Waals surface area contributed by atoms with Gasteiger partial charge in [0.05, 0.1) is 47.4 Å². The van der Waals surface area contributed by atoms with Gasteiger partial charge in [0.2, 0.25) is 17.7 Å². The van der Waals surface area contributed by atoms with Crippen LogP contribution < -0.4 is 15.4 Å². The molecule has 3 amide bonds. The molecule has 9 nitrogen and oxygen atoms in total. The van der Waals surface area contributed by atoms with Gasteiger partial charge in [0.15, 0.2) is 0 Å². The standard InChI is InChI=1S/C29H34ClN3O6/c1-4-18(16-34)33-24(26(36)32-21-9-7-6-8-20(21)30)29-15-14-28(3,39-29)22(23(29)27(33)37)25(35)31-17-10-12-19(13-11-17)38-5-2/h6-13,18,22-24,34H,4-5,14-16H2,1-3H3,(H,31,35)(H,32,36)/t18-,22-,23-,24?,28+,29?/m0/s1. The molecule has 1 spiro atoms. The summed E-state index contributed by atoms with van der Waals surface area (Å²) in [7, 11) is 0. The topological polar surface area (TPSA) is 117 Å². The van der Waals surface area contributed by atoms with Crippen LogP contribution in [0.4, 0.5) is 11.4 Å². The summed E-state index contributed by atoms with van der Waals surface area (Å²) in [6.45, 7) is 5.79. The van der Waals surface area contributed by atoms with E-state index in [1.165, 1.54) is 4.90 Å². The third kappa shape index (κ3) is 4.46. The van der Waals surface area contributed by atoms with Crippen molar-refractivity contribution in [2.75, 3.05) is 23.8 Å². The van der Waals surface area contributed by atoms with Gasteiger partial charge >= 0.3 is 0 Å². The zero-order valence-corrected chi connectivity index (χ0v) is 23.0. The molecule has 39 heavy (non-hydrogen) atoms. The van der Waals surface area contributed by atoms with Gasteiger partial charge < -0.3 is 30.1 Å². The number of fused-ring (bicyclic) bond motifs is 1. The fourth-order valence-electron chi connectivity index (χ4n) is 6.66. The molecule has 208 valence electrons. The summed E-state index contributed by atoms with van der Waals surface area (Å²) >= 11 is 6.31. The van der Waals surface area contributed by atoms with E-state index in [4.69, 9.17) is 21.1 Å². The zero-order valence-electron chi connectivity index (χ0n) is 22.3. The van der Waals surface area contributed by atoms with E-state index in [9.17, 15) is 19.5 Å². The van der Waals surface area contributed by atoms with Crippen LogP contribution in [0, 0.1) is 11.8 Å². The van der Waals surface area contributed by atoms with Crippen LogP contribution in [0.15, 0.2) is 48.5 Å². The second kappa shape index (κ2) is 10.4. The predicted octanol–water partition coefficient (Wildman–Crippen LogP) is 3.85. The summed E-state index contributed by atoms with van der Waals surface area (Å²) in [6, 6.07) is 12.2. The maximum atomic E-state index is 14.1. The van der Waals surface area contributed by atoms with Gasteiger partial charge in [-0.2, -0.15) is 0 Å². The van der Waals surface area contributed by atoms with Gasteiger partial charge in [0.25, 0.3) is 0 Å². The van der Waals surface area contributed by atoms with Crippen LogP contribution in [-0.4, -0.2) is 64.2 Å². The average molecular weight is 556 g/mol. The number of rotatable bonds is 9. The van der Waals surface area contributed by atoms with Crippen LogP contribution in [0.2, 0.25) is 5.02 Å². The Balaban J connectivity index is 1.49. The molecule has 2 bridgehead atoms. The second-order valence-electron chi connectivity index (χ2n) is 10.6. The van der Waals surface area contributed by atoms with E-state index in [1.54, 1.807) is 48.5 Å². The lowest BCUT2D eigenvalue weighted by molar-refractivity contribution is -0.146. The minimum Gasteiger partial charge on any atom is -0.494 e. The van der Waals surface area contributed by atoms with Crippen LogP contribution >= 0.6 is 11.6 Å². The van der Waals surface area contributed by atoms with Crippen molar-refractivity contribution in [3.8, 4) is 5.75 Å². The number of halogens is 1. The highest BCUT2D eigenvalue weighted by molar-refractivity contribution is 6.33. The Hall–Kier alpha value is -3.14. The number of amides is 3. The van der Waals surface area contributed by atoms with Gasteiger partial charge in [0, 0.05) is 5.69 Å². The Kier molecular flexibility index (Phi) is 7.35. The minimum atomic E-state index is -1.21. The first-order chi connectivity index (χ1) is 18.7. The average Bonchev–Trinajstić information content (AvgIpc) is 3.48. The number of nitrogens with zero attached hydrogens (tertiary/aromatic N) is 1. The fraction of sp³-hybridized carbons (Fsp3) is 0.483. The Morgan fingerprint density at radius 3 is 2.49 bits per heavy atom. The summed E-state index contributed by atoms with van der Waals surface area (Å²) in [4.78, 5) is 43.2. The summed E-state index contributed by atoms with van der Waals surface area (Å²) < 4.78 is 12.1. The van der Waals surface area contributed by atoms with Crippen molar-refractivity contribution < 1.29 is 29.0 Å². The van der Waals surface area contributed by atoms with E-state index in [2.05, 4.69) is 10.6 Å². The number of hydrogen-bond acceptors (Lipinski definition) is 6. The third-order valence-corrected chi connectivity index (χ3v) is 8.71. The molecule has 3 saturated heterocycles. The number of benzene rings is 2. The molecule has 2 unspecified atom stereocenters. The molecule has 2 aromatic rings. The number of carbonyl (C=O) groups excluding carboxylic acids is 3.